The van der Waals surface area contributed by atoms with E-state index in [1.54, 1.807) is 18.2 Å². The molecule has 33 heavy (non-hydrogen) atoms. The molecular formula is C25H30ClN3O3S. The van der Waals surface area contributed by atoms with Gasteiger partial charge in [0.05, 0.1) is 24.2 Å². The number of nitrogens with two attached hydrogens (primary N) is 1. The fraction of sp³-hybridized carbons (Fsp3) is 0.520. The van der Waals surface area contributed by atoms with Crippen LogP contribution in [-0.2, 0) is 11.2 Å². The average Bonchev–Trinajstić information content (AvgIpc) is 3.52. The topological polar surface area (TPSA) is 102 Å². The summed E-state index contributed by atoms with van der Waals surface area (Å²) in [6, 6.07) is 4.22. The zero-order valence-electron chi connectivity index (χ0n) is 18.6. The van der Waals surface area contributed by atoms with E-state index in [1.807, 2.05) is 0 Å². The van der Waals surface area contributed by atoms with E-state index in [0.717, 1.165) is 38.5 Å². The Labute approximate surface area is 203 Å². The highest BCUT2D eigenvalue weighted by Gasteiger charge is 2.28. The van der Waals surface area contributed by atoms with E-state index in [2.05, 4.69) is 10.3 Å². The van der Waals surface area contributed by atoms with E-state index in [0.29, 0.717) is 39.6 Å². The maximum absolute atomic E-state index is 13.1. The summed E-state index contributed by atoms with van der Waals surface area (Å²) in [5, 5.41) is 3.57. The lowest BCUT2D eigenvalue weighted by atomic mass is 9.83. The van der Waals surface area contributed by atoms with Gasteiger partial charge >= 0.3 is 0 Å². The first-order chi connectivity index (χ1) is 15.9. The molecule has 6 nitrogen and oxygen atoms in total. The molecule has 1 aromatic heterocycles. The summed E-state index contributed by atoms with van der Waals surface area (Å²) in [4.78, 5) is 42.8. The number of carbonyl (C=O) groups excluding carboxylic acids is 3. The number of aromatic nitrogens is 1. The number of hydrogen-bond acceptors (Lipinski definition) is 6. The summed E-state index contributed by atoms with van der Waals surface area (Å²) < 4.78 is 0.537. The van der Waals surface area contributed by atoms with Crippen LogP contribution in [0.2, 0.25) is 4.34 Å². The van der Waals surface area contributed by atoms with E-state index in [1.165, 1.54) is 24.0 Å². The Kier molecular flexibility index (Phi) is 7.81. The van der Waals surface area contributed by atoms with Crippen molar-refractivity contribution in [2.24, 2.45) is 11.8 Å². The molecule has 4 rings (SSSR count). The largest absolute Gasteiger partial charge is 0.398 e. The number of nitrogens with zero attached hydrogens (tertiary/aromatic N) is 1. The number of nitrogen functional groups attached to an aromatic ring is 1. The second kappa shape index (κ2) is 10.8. The first-order valence-corrected chi connectivity index (χ1v) is 12.9. The van der Waals surface area contributed by atoms with Crippen molar-refractivity contribution < 1.29 is 14.4 Å². The number of hydrogen-bond donors (Lipinski definition) is 2. The molecule has 8 heteroatoms. The minimum atomic E-state index is -0.612. The number of benzene rings is 1. The molecule has 2 aliphatic carbocycles. The third-order valence-electron chi connectivity index (χ3n) is 6.63. The number of amides is 1. The standard InChI is InChI=1S/C25H30ClN3O3S/c26-23-14-28-24(33-23)13-22(31)20(10-15-4-2-1-3-5-15)29-25(32)18-9-8-17(12-19(18)27)21(30)11-16-6-7-16/h8-9,12,14-16,20H,1-7,10-11,13,27H2,(H,29,32). The van der Waals surface area contributed by atoms with Gasteiger partial charge in [-0.05, 0) is 43.2 Å². The van der Waals surface area contributed by atoms with Crippen LogP contribution in [0.5, 0.6) is 0 Å². The molecule has 1 amide bonds. The van der Waals surface area contributed by atoms with Gasteiger partial charge in [0.1, 0.15) is 9.34 Å². The molecule has 0 bridgehead atoms. The Morgan fingerprint density at radius 3 is 2.52 bits per heavy atom. The number of anilines is 1. The van der Waals surface area contributed by atoms with Crippen LogP contribution >= 0.6 is 22.9 Å². The maximum atomic E-state index is 13.1. The number of nitrogens with one attached hydrogen (secondary N) is 1. The van der Waals surface area contributed by atoms with Gasteiger partial charge < -0.3 is 11.1 Å². The number of halogens is 1. The summed E-state index contributed by atoms with van der Waals surface area (Å²) in [7, 11) is 0. The molecule has 176 valence electrons. The van der Waals surface area contributed by atoms with E-state index in [-0.39, 0.29) is 35.1 Å². The van der Waals surface area contributed by atoms with Crippen molar-refractivity contribution >= 4 is 46.1 Å². The predicted octanol–water partition coefficient (Wildman–Crippen LogP) is 5.24. The molecule has 0 spiro atoms. The monoisotopic (exact) mass is 487 g/mol. The highest BCUT2D eigenvalue weighted by Crippen LogP contribution is 2.34. The lowest BCUT2D eigenvalue weighted by Gasteiger charge is -2.26. The average molecular weight is 488 g/mol. The van der Waals surface area contributed by atoms with Crippen molar-refractivity contribution in [2.45, 2.75) is 70.3 Å². The SMILES string of the molecule is Nc1cc(C(=O)CC2CC2)ccc1C(=O)NC(CC1CCCCC1)C(=O)Cc1ncc(Cl)s1. The van der Waals surface area contributed by atoms with Crippen molar-refractivity contribution in [1.82, 2.24) is 10.3 Å². The van der Waals surface area contributed by atoms with Crippen LogP contribution in [0.3, 0.4) is 0 Å². The van der Waals surface area contributed by atoms with Crippen LogP contribution in [0.15, 0.2) is 24.4 Å². The summed E-state index contributed by atoms with van der Waals surface area (Å²) in [6.45, 7) is 0. The van der Waals surface area contributed by atoms with Gasteiger partial charge in [-0.1, -0.05) is 49.8 Å². The molecule has 0 aliphatic heterocycles. The second-order valence-corrected chi connectivity index (χ2v) is 11.1. The first-order valence-electron chi connectivity index (χ1n) is 11.8. The summed E-state index contributed by atoms with van der Waals surface area (Å²) in [5.41, 5.74) is 7.22. The van der Waals surface area contributed by atoms with E-state index in [4.69, 9.17) is 17.3 Å². The molecule has 1 atom stereocenters. The predicted molar refractivity (Wildman–Crippen MR) is 131 cm³/mol. The smallest absolute Gasteiger partial charge is 0.253 e. The van der Waals surface area contributed by atoms with Crippen LogP contribution in [0.4, 0.5) is 5.69 Å². The van der Waals surface area contributed by atoms with Gasteiger partial charge in [-0.25, -0.2) is 4.98 Å². The Hall–Kier alpha value is -2.25. The third kappa shape index (κ3) is 6.64. The van der Waals surface area contributed by atoms with E-state index >= 15 is 0 Å². The molecule has 2 fully saturated rings. The minimum absolute atomic E-state index is 0.0589. The quantitative estimate of drug-likeness (QED) is 0.352. The van der Waals surface area contributed by atoms with Gasteiger partial charge in [-0.15, -0.1) is 11.3 Å². The van der Waals surface area contributed by atoms with E-state index < -0.39 is 6.04 Å². The molecule has 3 N–H and O–H groups in total. The van der Waals surface area contributed by atoms with Crippen molar-refractivity contribution in [3.63, 3.8) is 0 Å². The zero-order valence-corrected chi connectivity index (χ0v) is 20.2. The number of ketones is 2. The minimum Gasteiger partial charge on any atom is -0.398 e. The van der Waals surface area contributed by atoms with Crippen molar-refractivity contribution in [3.8, 4) is 0 Å². The fourth-order valence-corrected chi connectivity index (χ4v) is 5.52. The Morgan fingerprint density at radius 1 is 1.12 bits per heavy atom. The highest BCUT2D eigenvalue weighted by atomic mass is 35.5. The molecule has 2 aliphatic rings. The van der Waals surface area contributed by atoms with Crippen molar-refractivity contribution in [1.29, 1.82) is 0 Å². The lowest BCUT2D eigenvalue weighted by molar-refractivity contribution is -0.120. The Morgan fingerprint density at radius 2 is 1.88 bits per heavy atom. The van der Waals surface area contributed by atoms with Gasteiger partial charge in [0.25, 0.3) is 5.91 Å². The van der Waals surface area contributed by atoms with Gasteiger partial charge in [0.2, 0.25) is 0 Å². The summed E-state index contributed by atoms with van der Waals surface area (Å²) >= 11 is 7.24. The van der Waals surface area contributed by atoms with E-state index in [9.17, 15) is 14.4 Å². The molecule has 1 aromatic carbocycles. The molecular weight excluding hydrogens is 458 g/mol. The third-order valence-corrected chi connectivity index (χ3v) is 7.74. The first kappa shape index (κ1) is 23.9. The Bertz CT molecular complexity index is 1030. The Balaban J connectivity index is 1.46. The van der Waals surface area contributed by atoms with Crippen LogP contribution in [0.25, 0.3) is 0 Å². The van der Waals surface area contributed by atoms with Crippen LogP contribution < -0.4 is 11.1 Å². The highest BCUT2D eigenvalue weighted by molar-refractivity contribution is 7.15. The normalized spacial score (nSPS) is 17.5. The maximum Gasteiger partial charge on any atom is 0.253 e. The second-order valence-electron chi connectivity index (χ2n) is 9.34. The van der Waals surface area contributed by atoms with Crippen LogP contribution in [0.1, 0.15) is 83.5 Å². The van der Waals surface area contributed by atoms with Crippen molar-refractivity contribution in [3.05, 3.63) is 44.9 Å². The molecule has 2 aromatic rings. The fourth-order valence-electron chi connectivity index (χ4n) is 4.55. The number of Topliss-reactive ketones (excluding diaryl/α,β-unsaturated/α-hetero) is 2. The molecule has 0 saturated heterocycles. The van der Waals surface area contributed by atoms with Crippen molar-refractivity contribution in [2.75, 3.05) is 5.73 Å². The van der Waals surface area contributed by atoms with Crippen LogP contribution in [0, 0.1) is 11.8 Å². The molecule has 1 heterocycles. The molecule has 1 unspecified atom stereocenters. The lowest BCUT2D eigenvalue weighted by Crippen LogP contribution is -2.43. The zero-order chi connectivity index (χ0) is 23.4. The number of rotatable bonds is 10. The summed E-state index contributed by atoms with van der Waals surface area (Å²) in [6.07, 6.45) is 10.7. The van der Waals surface area contributed by atoms with Gasteiger partial charge in [-0.3, -0.25) is 14.4 Å². The van der Waals surface area contributed by atoms with Gasteiger partial charge in [0.15, 0.2) is 11.6 Å². The molecule has 2 saturated carbocycles. The van der Waals surface area contributed by atoms with Crippen LogP contribution in [-0.4, -0.2) is 28.5 Å². The molecule has 0 radical (unpaired) electrons. The van der Waals surface area contributed by atoms with Gasteiger partial charge in [-0.2, -0.15) is 0 Å². The van der Waals surface area contributed by atoms with Gasteiger partial charge in [0, 0.05) is 17.7 Å². The number of thiazole rings is 1. The number of carbonyl (C=O) groups is 3. The summed E-state index contributed by atoms with van der Waals surface area (Å²) in [5.74, 6) is 0.493.